The number of hydrogen-bond acceptors (Lipinski definition) is 3. The van der Waals surface area contributed by atoms with Gasteiger partial charge >= 0.3 is 0 Å². The van der Waals surface area contributed by atoms with Crippen molar-refractivity contribution in [1.29, 1.82) is 0 Å². The highest BCUT2D eigenvalue weighted by Crippen LogP contribution is 2.26. The van der Waals surface area contributed by atoms with E-state index >= 15 is 0 Å². The number of nitrogens with one attached hydrogen (secondary N) is 1. The molecule has 3 N–H and O–H groups in total. The summed E-state index contributed by atoms with van der Waals surface area (Å²) < 4.78 is 3.90. The lowest BCUT2D eigenvalue weighted by Gasteiger charge is -2.09. The van der Waals surface area contributed by atoms with Crippen LogP contribution in [0, 0.1) is 0 Å². The second-order valence-corrected chi connectivity index (χ2v) is 8.42. The Morgan fingerprint density at radius 2 is 1.61 bits per heavy atom. The van der Waals surface area contributed by atoms with Crippen molar-refractivity contribution in [3.8, 4) is 11.4 Å². The number of amides is 2. The van der Waals surface area contributed by atoms with Gasteiger partial charge in [0, 0.05) is 34.4 Å². The van der Waals surface area contributed by atoms with Crippen LogP contribution in [-0.4, -0.2) is 32.2 Å². The first kappa shape index (κ1) is 19.3. The van der Waals surface area contributed by atoms with Gasteiger partial charge in [0.05, 0.1) is 22.9 Å². The zero-order chi connectivity index (χ0) is 22.5. The van der Waals surface area contributed by atoms with Gasteiger partial charge in [-0.05, 0) is 78.9 Å². The Labute approximate surface area is 189 Å². The molecule has 2 aromatic heterocycles. The molecule has 0 unspecified atom stereocenters. The fourth-order valence-corrected chi connectivity index (χ4v) is 4.13. The van der Waals surface area contributed by atoms with E-state index in [2.05, 4.69) is 16.5 Å². The van der Waals surface area contributed by atoms with Gasteiger partial charge < -0.3 is 15.6 Å². The molecular weight excluding hydrogens is 414 g/mol. The van der Waals surface area contributed by atoms with Crippen LogP contribution in [0.3, 0.4) is 0 Å². The summed E-state index contributed by atoms with van der Waals surface area (Å²) >= 11 is 0. The van der Waals surface area contributed by atoms with Crippen LogP contribution in [0.25, 0.3) is 33.2 Å². The number of fused-ring (bicyclic) bond motifs is 2. The second kappa shape index (κ2) is 7.34. The molecule has 5 aromatic rings. The summed E-state index contributed by atoms with van der Waals surface area (Å²) in [4.78, 5) is 23.9. The standard InChI is InChI=1S/C26H21N5O2/c27-25(32)18-2-1-16-11-12-30(24(16)14-18)22-9-10-23-19(13-22)15-28-31(23)21-7-3-17(4-8-21)26(33)29-20-5-6-20/h1-4,7-15,20H,5-6H2,(H2,27,32)(H,29,33). The van der Waals surface area contributed by atoms with Crippen molar-refractivity contribution in [2.45, 2.75) is 18.9 Å². The summed E-state index contributed by atoms with van der Waals surface area (Å²) in [6.45, 7) is 0. The van der Waals surface area contributed by atoms with Crippen LogP contribution >= 0.6 is 0 Å². The van der Waals surface area contributed by atoms with E-state index < -0.39 is 5.91 Å². The van der Waals surface area contributed by atoms with Crippen molar-refractivity contribution < 1.29 is 9.59 Å². The van der Waals surface area contributed by atoms with Gasteiger partial charge in [0.2, 0.25) is 5.91 Å². The van der Waals surface area contributed by atoms with E-state index in [9.17, 15) is 9.59 Å². The van der Waals surface area contributed by atoms with E-state index in [4.69, 9.17) is 5.73 Å². The minimum absolute atomic E-state index is 0.0301. The van der Waals surface area contributed by atoms with E-state index in [1.54, 1.807) is 6.07 Å². The number of nitrogens with two attached hydrogens (primary N) is 1. The van der Waals surface area contributed by atoms with E-state index in [0.29, 0.717) is 17.2 Å². The van der Waals surface area contributed by atoms with Crippen LogP contribution in [0.4, 0.5) is 0 Å². The number of carbonyl (C=O) groups excluding carboxylic acids is 2. The lowest BCUT2D eigenvalue weighted by molar-refractivity contribution is 0.0949. The average Bonchev–Trinajstić information content (AvgIpc) is 3.39. The molecule has 162 valence electrons. The fourth-order valence-electron chi connectivity index (χ4n) is 4.13. The Morgan fingerprint density at radius 3 is 2.36 bits per heavy atom. The molecule has 1 aliphatic carbocycles. The van der Waals surface area contributed by atoms with Gasteiger partial charge in [-0.3, -0.25) is 9.59 Å². The van der Waals surface area contributed by atoms with Gasteiger partial charge in [0.1, 0.15) is 0 Å². The van der Waals surface area contributed by atoms with E-state index in [-0.39, 0.29) is 5.91 Å². The summed E-state index contributed by atoms with van der Waals surface area (Å²) in [5, 5.41) is 9.58. The maximum Gasteiger partial charge on any atom is 0.251 e. The molecule has 0 atom stereocenters. The van der Waals surface area contributed by atoms with E-state index in [0.717, 1.165) is 46.0 Å². The van der Waals surface area contributed by atoms with Crippen LogP contribution in [0.5, 0.6) is 0 Å². The van der Waals surface area contributed by atoms with Gasteiger partial charge in [-0.25, -0.2) is 4.68 Å². The molecule has 7 nitrogen and oxygen atoms in total. The van der Waals surface area contributed by atoms with Gasteiger partial charge in [0.25, 0.3) is 5.91 Å². The predicted molar refractivity (Wildman–Crippen MR) is 127 cm³/mol. The van der Waals surface area contributed by atoms with Crippen LogP contribution in [0.1, 0.15) is 33.6 Å². The topological polar surface area (TPSA) is 94.9 Å². The molecule has 0 bridgehead atoms. The molecule has 2 amide bonds. The van der Waals surface area contributed by atoms with Gasteiger partial charge in [0.15, 0.2) is 0 Å². The Hall–Kier alpha value is -4.39. The largest absolute Gasteiger partial charge is 0.366 e. The van der Waals surface area contributed by atoms with Crippen molar-refractivity contribution in [3.05, 3.63) is 90.3 Å². The number of hydrogen-bond donors (Lipinski definition) is 2. The van der Waals surface area contributed by atoms with Crippen molar-refractivity contribution >= 4 is 33.6 Å². The third-order valence-electron chi connectivity index (χ3n) is 6.09. The Kier molecular flexibility index (Phi) is 4.29. The molecule has 1 saturated carbocycles. The van der Waals surface area contributed by atoms with Crippen molar-refractivity contribution in [3.63, 3.8) is 0 Å². The highest BCUT2D eigenvalue weighted by Gasteiger charge is 2.23. The molecule has 2 heterocycles. The number of rotatable bonds is 5. The first-order valence-corrected chi connectivity index (χ1v) is 10.9. The summed E-state index contributed by atoms with van der Waals surface area (Å²) in [6.07, 6.45) is 5.94. The van der Waals surface area contributed by atoms with Crippen molar-refractivity contribution in [2.75, 3.05) is 0 Å². The van der Waals surface area contributed by atoms with E-state index in [1.165, 1.54) is 0 Å². The monoisotopic (exact) mass is 435 g/mol. The molecule has 0 radical (unpaired) electrons. The summed E-state index contributed by atoms with van der Waals surface area (Å²) in [7, 11) is 0. The smallest absolute Gasteiger partial charge is 0.251 e. The highest BCUT2D eigenvalue weighted by molar-refractivity contribution is 5.97. The molecule has 1 aliphatic rings. The second-order valence-electron chi connectivity index (χ2n) is 8.42. The average molecular weight is 435 g/mol. The van der Waals surface area contributed by atoms with Crippen LogP contribution in [0.2, 0.25) is 0 Å². The molecule has 33 heavy (non-hydrogen) atoms. The molecule has 7 heteroatoms. The lowest BCUT2D eigenvalue weighted by Crippen LogP contribution is -2.25. The number of nitrogens with zero attached hydrogens (tertiary/aromatic N) is 3. The predicted octanol–water partition coefficient (Wildman–Crippen LogP) is 3.96. The molecule has 1 fully saturated rings. The summed E-state index contributed by atoms with van der Waals surface area (Å²) in [5.41, 5.74) is 10.3. The quantitative estimate of drug-likeness (QED) is 0.437. The van der Waals surface area contributed by atoms with Crippen LogP contribution < -0.4 is 11.1 Å². The lowest BCUT2D eigenvalue weighted by atomic mass is 10.1. The SMILES string of the molecule is NC(=O)c1ccc2ccn(-c3ccc4c(cnn4-c4ccc(C(=O)NC5CC5)cc4)c3)c2c1. The van der Waals surface area contributed by atoms with Gasteiger partial charge in [-0.2, -0.15) is 5.10 Å². The normalized spacial score (nSPS) is 13.5. The highest BCUT2D eigenvalue weighted by atomic mass is 16.2. The van der Waals surface area contributed by atoms with Crippen molar-refractivity contribution in [1.82, 2.24) is 19.7 Å². The van der Waals surface area contributed by atoms with Gasteiger partial charge in [-0.1, -0.05) is 6.07 Å². The maximum absolute atomic E-state index is 12.2. The number of aromatic nitrogens is 3. The van der Waals surface area contributed by atoms with E-state index in [1.807, 2.05) is 76.2 Å². The molecule has 0 spiro atoms. The Bertz CT molecular complexity index is 1540. The first-order valence-electron chi connectivity index (χ1n) is 10.9. The molecular formula is C26H21N5O2. The first-order chi connectivity index (χ1) is 16.1. The maximum atomic E-state index is 12.2. The zero-order valence-corrected chi connectivity index (χ0v) is 17.7. The number of benzene rings is 3. The minimum atomic E-state index is -0.447. The zero-order valence-electron chi connectivity index (χ0n) is 17.7. The molecule has 0 aliphatic heterocycles. The van der Waals surface area contributed by atoms with Crippen LogP contribution in [-0.2, 0) is 0 Å². The molecule has 0 saturated heterocycles. The third-order valence-corrected chi connectivity index (χ3v) is 6.09. The number of carbonyl (C=O) groups is 2. The van der Waals surface area contributed by atoms with Gasteiger partial charge in [-0.15, -0.1) is 0 Å². The third kappa shape index (κ3) is 3.43. The fraction of sp³-hybridized carbons (Fsp3) is 0.115. The number of primary amides is 1. The summed E-state index contributed by atoms with van der Waals surface area (Å²) in [6, 6.07) is 21.4. The Balaban J connectivity index is 1.34. The minimum Gasteiger partial charge on any atom is -0.366 e. The van der Waals surface area contributed by atoms with Crippen LogP contribution in [0.15, 0.2) is 79.1 Å². The summed E-state index contributed by atoms with van der Waals surface area (Å²) in [5.74, 6) is -0.477. The molecule has 6 rings (SSSR count). The van der Waals surface area contributed by atoms with Crippen molar-refractivity contribution in [2.24, 2.45) is 5.73 Å². The molecule has 3 aromatic carbocycles. The Morgan fingerprint density at radius 1 is 0.848 bits per heavy atom.